The summed E-state index contributed by atoms with van der Waals surface area (Å²) in [6, 6.07) is 0. The first-order chi connectivity index (χ1) is 7.84. The SMILES string of the molecule is CC.CC(C)C.CCC(=O)N(C)CC(=O)NC. The fourth-order valence-electron chi connectivity index (χ4n) is 0.653. The van der Waals surface area contributed by atoms with Gasteiger partial charge >= 0.3 is 0 Å². The lowest BCUT2D eigenvalue weighted by molar-refractivity contribution is -0.134. The molecule has 0 aliphatic rings. The van der Waals surface area contributed by atoms with Gasteiger partial charge in [0.2, 0.25) is 11.8 Å². The summed E-state index contributed by atoms with van der Waals surface area (Å²) in [4.78, 5) is 23.0. The molecule has 1 N–H and O–H groups in total. The average molecular weight is 246 g/mol. The quantitative estimate of drug-likeness (QED) is 0.830. The van der Waals surface area contributed by atoms with Gasteiger partial charge in [0.1, 0.15) is 0 Å². The lowest BCUT2D eigenvalue weighted by Crippen LogP contribution is -2.36. The van der Waals surface area contributed by atoms with Gasteiger partial charge in [-0.3, -0.25) is 9.59 Å². The number of amides is 2. The second-order valence-corrected chi connectivity index (χ2v) is 4.01. The molecule has 0 saturated carbocycles. The topological polar surface area (TPSA) is 49.4 Å². The Hall–Kier alpha value is -1.06. The molecule has 17 heavy (non-hydrogen) atoms. The molecule has 2 amide bonds. The summed E-state index contributed by atoms with van der Waals surface area (Å²) in [5.41, 5.74) is 0. The Morgan fingerprint density at radius 3 is 1.76 bits per heavy atom. The van der Waals surface area contributed by atoms with E-state index in [1.54, 1.807) is 21.0 Å². The molecule has 0 rings (SSSR count). The van der Waals surface area contributed by atoms with Gasteiger partial charge in [0.05, 0.1) is 6.54 Å². The van der Waals surface area contributed by atoms with E-state index in [4.69, 9.17) is 0 Å². The van der Waals surface area contributed by atoms with Gasteiger partial charge in [0, 0.05) is 20.5 Å². The van der Waals surface area contributed by atoms with Crippen molar-refractivity contribution in [3.63, 3.8) is 0 Å². The first kappa shape index (κ1) is 21.2. The number of likely N-dealkylation sites (N-methyl/N-ethyl adjacent to an activating group) is 2. The number of nitrogens with one attached hydrogen (secondary N) is 1. The zero-order valence-electron chi connectivity index (χ0n) is 12.8. The fraction of sp³-hybridized carbons (Fsp3) is 0.846. The van der Waals surface area contributed by atoms with E-state index in [2.05, 4.69) is 26.1 Å². The maximum Gasteiger partial charge on any atom is 0.239 e. The highest BCUT2D eigenvalue weighted by atomic mass is 16.2. The lowest BCUT2D eigenvalue weighted by Gasteiger charge is -2.14. The van der Waals surface area contributed by atoms with E-state index in [1.807, 2.05) is 13.8 Å². The van der Waals surface area contributed by atoms with Crippen LogP contribution >= 0.6 is 0 Å². The van der Waals surface area contributed by atoms with Crippen molar-refractivity contribution >= 4 is 11.8 Å². The Balaban J connectivity index is -0.000000275. The van der Waals surface area contributed by atoms with Crippen LogP contribution in [0.25, 0.3) is 0 Å². The minimum absolute atomic E-state index is 0.0198. The second kappa shape index (κ2) is 14.9. The van der Waals surface area contributed by atoms with Crippen LogP contribution < -0.4 is 5.32 Å². The fourth-order valence-corrected chi connectivity index (χ4v) is 0.653. The van der Waals surface area contributed by atoms with Gasteiger partial charge in [-0.15, -0.1) is 0 Å². The molecule has 0 spiro atoms. The third kappa shape index (κ3) is 20.9. The van der Waals surface area contributed by atoms with E-state index >= 15 is 0 Å². The molecule has 0 fully saturated rings. The first-order valence-electron chi connectivity index (χ1n) is 6.29. The minimum atomic E-state index is -0.144. The molecule has 0 aliphatic carbocycles. The van der Waals surface area contributed by atoms with E-state index in [9.17, 15) is 9.59 Å². The van der Waals surface area contributed by atoms with Crippen LogP contribution in [0.2, 0.25) is 0 Å². The van der Waals surface area contributed by atoms with Gasteiger partial charge in [-0.25, -0.2) is 0 Å². The zero-order valence-corrected chi connectivity index (χ0v) is 12.8. The Kier molecular flexibility index (Phi) is 18.7. The molecule has 0 aromatic rings. The molecule has 0 aliphatic heterocycles. The standard InChI is InChI=1S/C7H14N2O2.C4H10.C2H6/c1-4-7(11)9(3)5-6(10)8-2;1-4(2)3;1-2/h4-5H2,1-3H3,(H,8,10);4H,1-3H3;1-2H3. The van der Waals surface area contributed by atoms with Crippen molar-refractivity contribution in [2.45, 2.75) is 48.0 Å². The highest BCUT2D eigenvalue weighted by Crippen LogP contribution is 1.87. The lowest BCUT2D eigenvalue weighted by atomic mass is 10.3. The third-order valence-electron chi connectivity index (χ3n) is 1.39. The van der Waals surface area contributed by atoms with E-state index in [-0.39, 0.29) is 18.4 Å². The predicted octanol–water partition coefficient (Wildman–Crippen LogP) is 2.29. The van der Waals surface area contributed by atoms with Crippen LogP contribution in [0, 0.1) is 5.92 Å². The summed E-state index contributed by atoms with van der Waals surface area (Å²) in [6.45, 7) is 12.4. The first-order valence-corrected chi connectivity index (χ1v) is 6.29. The highest BCUT2D eigenvalue weighted by molar-refractivity contribution is 5.84. The maximum atomic E-state index is 10.9. The number of carbonyl (C=O) groups excluding carboxylic acids is 2. The van der Waals surface area contributed by atoms with Gasteiger partial charge in [0.25, 0.3) is 0 Å². The predicted molar refractivity (Wildman–Crippen MR) is 73.9 cm³/mol. The van der Waals surface area contributed by atoms with Crippen LogP contribution in [-0.4, -0.2) is 37.4 Å². The largest absolute Gasteiger partial charge is 0.358 e. The molecule has 4 heteroatoms. The Morgan fingerprint density at radius 1 is 1.18 bits per heavy atom. The molecule has 104 valence electrons. The summed E-state index contributed by atoms with van der Waals surface area (Å²) in [5, 5.41) is 2.44. The number of hydrogen-bond acceptors (Lipinski definition) is 2. The van der Waals surface area contributed by atoms with Crippen LogP contribution in [0.5, 0.6) is 0 Å². The Labute approximate surface area is 107 Å². The highest BCUT2D eigenvalue weighted by Gasteiger charge is 2.08. The van der Waals surface area contributed by atoms with Crippen molar-refractivity contribution in [2.24, 2.45) is 5.92 Å². The summed E-state index contributed by atoms with van der Waals surface area (Å²) in [5.74, 6) is 0.669. The summed E-state index contributed by atoms with van der Waals surface area (Å²) < 4.78 is 0. The number of nitrogens with zero attached hydrogens (tertiary/aromatic N) is 1. The molecule has 0 saturated heterocycles. The van der Waals surface area contributed by atoms with E-state index in [1.165, 1.54) is 4.90 Å². The van der Waals surface area contributed by atoms with Gasteiger partial charge in [-0.05, 0) is 5.92 Å². The van der Waals surface area contributed by atoms with Crippen LogP contribution in [0.1, 0.15) is 48.0 Å². The van der Waals surface area contributed by atoms with Crippen molar-refractivity contribution in [3.05, 3.63) is 0 Å². The molecular weight excluding hydrogens is 216 g/mol. The molecule has 0 unspecified atom stereocenters. The van der Waals surface area contributed by atoms with Crippen LogP contribution in [0.3, 0.4) is 0 Å². The monoisotopic (exact) mass is 246 g/mol. The molecule has 0 atom stereocenters. The van der Waals surface area contributed by atoms with Crippen molar-refractivity contribution in [2.75, 3.05) is 20.6 Å². The van der Waals surface area contributed by atoms with Crippen molar-refractivity contribution in [3.8, 4) is 0 Å². The molecule has 4 nitrogen and oxygen atoms in total. The Morgan fingerprint density at radius 2 is 1.53 bits per heavy atom. The number of carbonyl (C=O) groups is 2. The van der Waals surface area contributed by atoms with Gasteiger partial charge < -0.3 is 10.2 Å². The van der Waals surface area contributed by atoms with Crippen LogP contribution in [0.15, 0.2) is 0 Å². The maximum absolute atomic E-state index is 10.9. The van der Waals surface area contributed by atoms with Gasteiger partial charge in [0.15, 0.2) is 0 Å². The second-order valence-electron chi connectivity index (χ2n) is 4.01. The normalized spacial score (nSPS) is 8.29. The molecule has 0 aromatic carbocycles. The molecule has 0 aromatic heterocycles. The van der Waals surface area contributed by atoms with E-state index in [0.29, 0.717) is 6.42 Å². The molecular formula is C13H30N2O2. The van der Waals surface area contributed by atoms with Crippen molar-refractivity contribution in [1.82, 2.24) is 10.2 Å². The minimum Gasteiger partial charge on any atom is -0.358 e. The summed E-state index contributed by atoms with van der Waals surface area (Å²) in [6.07, 6.45) is 0.438. The number of rotatable bonds is 3. The van der Waals surface area contributed by atoms with E-state index < -0.39 is 0 Å². The molecule has 0 radical (unpaired) electrons. The smallest absolute Gasteiger partial charge is 0.239 e. The third-order valence-corrected chi connectivity index (χ3v) is 1.39. The van der Waals surface area contributed by atoms with Gasteiger partial charge in [-0.2, -0.15) is 0 Å². The average Bonchev–Trinajstić information content (AvgIpc) is 2.29. The zero-order chi connectivity index (χ0) is 14.4. The molecule has 0 heterocycles. The van der Waals surface area contributed by atoms with Crippen molar-refractivity contribution < 1.29 is 9.59 Å². The number of hydrogen-bond donors (Lipinski definition) is 1. The van der Waals surface area contributed by atoms with Gasteiger partial charge in [-0.1, -0.05) is 41.5 Å². The van der Waals surface area contributed by atoms with Crippen LogP contribution in [-0.2, 0) is 9.59 Å². The van der Waals surface area contributed by atoms with Crippen molar-refractivity contribution in [1.29, 1.82) is 0 Å². The Bertz CT molecular complexity index is 189. The summed E-state index contributed by atoms with van der Waals surface area (Å²) >= 11 is 0. The van der Waals surface area contributed by atoms with Crippen LogP contribution in [0.4, 0.5) is 0 Å². The summed E-state index contributed by atoms with van der Waals surface area (Å²) in [7, 11) is 3.16. The van der Waals surface area contributed by atoms with E-state index in [0.717, 1.165) is 5.92 Å². The molecule has 0 bridgehead atoms.